The van der Waals surface area contributed by atoms with Crippen LogP contribution in [0.25, 0.3) is 0 Å². The molecule has 0 aromatic heterocycles. The molecule has 0 saturated heterocycles. The van der Waals surface area contributed by atoms with Crippen LogP contribution in [0, 0.1) is 5.82 Å². The molecule has 0 spiro atoms. The van der Waals surface area contributed by atoms with Crippen molar-refractivity contribution in [3.8, 4) is 5.75 Å². The van der Waals surface area contributed by atoms with E-state index < -0.39 is 21.9 Å². The molecule has 0 radical (unpaired) electrons. The zero-order valence-corrected chi connectivity index (χ0v) is 25.4. The van der Waals surface area contributed by atoms with Gasteiger partial charge in [0.15, 0.2) is 0 Å². The third-order valence-corrected chi connectivity index (χ3v) is 7.75. The first kappa shape index (κ1) is 32.6. The zero-order valence-electron chi connectivity index (χ0n) is 24.6. The van der Waals surface area contributed by atoms with Crippen molar-refractivity contribution < 1.29 is 27.1 Å². The van der Waals surface area contributed by atoms with Crippen molar-refractivity contribution in [3.05, 3.63) is 95.8 Å². The van der Waals surface area contributed by atoms with Crippen LogP contribution < -0.4 is 14.4 Å². The predicted molar refractivity (Wildman–Crippen MR) is 163 cm³/mol. The van der Waals surface area contributed by atoms with Gasteiger partial charge >= 0.3 is 0 Å². The number of hydrogen-bond donors (Lipinski definition) is 1. The van der Waals surface area contributed by atoms with Crippen molar-refractivity contribution >= 4 is 27.5 Å². The fourth-order valence-corrected chi connectivity index (χ4v) is 5.57. The average Bonchev–Trinajstić information content (AvgIpc) is 2.94. The molecule has 2 amide bonds. The molecule has 42 heavy (non-hydrogen) atoms. The molecule has 0 aliphatic rings. The fourth-order valence-electron chi connectivity index (χ4n) is 4.60. The minimum absolute atomic E-state index is 0.00446. The number of sulfonamides is 1. The molecule has 0 aliphatic heterocycles. The number of rotatable bonds is 15. The fraction of sp³-hybridized carbons (Fsp3) is 0.375. The van der Waals surface area contributed by atoms with Crippen molar-refractivity contribution in [1.82, 2.24) is 10.2 Å². The van der Waals surface area contributed by atoms with Crippen molar-refractivity contribution in [2.24, 2.45) is 0 Å². The first-order chi connectivity index (χ1) is 20.0. The van der Waals surface area contributed by atoms with Crippen LogP contribution >= 0.6 is 0 Å². The molecule has 0 heterocycles. The summed E-state index contributed by atoms with van der Waals surface area (Å²) in [6.45, 7) is 6.23. The number of ether oxygens (including phenoxy) is 1. The molecule has 0 bridgehead atoms. The molecule has 3 aromatic carbocycles. The molecular formula is C32H40FN3O5S. The molecule has 0 fully saturated rings. The Morgan fingerprint density at radius 3 is 2.14 bits per heavy atom. The van der Waals surface area contributed by atoms with Crippen molar-refractivity contribution in [2.75, 3.05) is 23.7 Å². The van der Waals surface area contributed by atoms with E-state index in [1.54, 1.807) is 36.4 Å². The Morgan fingerprint density at radius 1 is 0.929 bits per heavy atom. The molecule has 1 N–H and O–H groups in total. The summed E-state index contributed by atoms with van der Waals surface area (Å²) in [7, 11) is -3.63. The molecule has 3 aromatic rings. The van der Waals surface area contributed by atoms with Crippen molar-refractivity contribution in [1.29, 1.82) is 0 Å². The average molecular weight is 598 g/mol. The van der Waals surface area contributed by atoms with E-state index in [1.165, 1.54) is 21.3 Å². The number of hydrogen-bond acceptors (Lipinski definition) is 5. The standard InChI is InChI=1S/C32H40FN3O5S/c1-5-41-29-19-17-28(18-20-29)36(42(4,39)40)21-9-12-31(37)35(23-26-13-15-27(33)16-14-26)30(32(38)34-24(2)3)22-25-10-7-6-8-11-25/h6-8,10-11,13-20,24,30H,5,9,12,21-23H2,1-4H3,(H,34,38)/t30-/m0/s1. The Morgan fingerprint density at radius 2 is 1.57 bits per heavy atom. The van der Waals surface area contributed by atoms with Crippen LogP contribution in [0.4, 0.5) is 10.1 Å². The summed E-state index contributed by atoms with van der Waals surface area (Å²) in [5.41, 5.74) is 2.03. The molecule has 226 valence electrons. The highest BCUT2D eigenvalue weighted by molar-refractivity contribution is 7.92. The minimum atomic E-state index is -3.63. The maximum absolute atomic E-state index is 13.8. The lowest BCUT2D eigenvalue weighted by Crippen LogP contribution is -2.51. The quantitative estimate of drug-likeness (QED) is 0.268. The number of nitrogens with one attached hydrogen (secondary N) is 1. The van der Waals surface area contributed by atoms with E-state index in [0.29, 0.717) is 23.6 Å². The molecule has 0 saturated carbocycles. The van der Waals surface area contributed by atoms with Crippen LogP contribution in [0.5, 0.6) is 5.75 Å². The summed E-state index contributed by atoms with van der Waals surface area (Å²) >= 11 is 0. The van der Waals surface area contributed by atoms with Gasteiger partial charge in [-0.1, -0.05) is 42.5 Å². The number of nitrogens with zero attached hydrogens (tertiary/aromatic N) is 2. The highest BCUT2D eigenvalue weighted by atomic mass is 32.2. The first-order valence-electron chi connectivity index (χ1n) is 14.1. The molecule has 10 heteroatoms. The molecule has 1 atom stereocenters. The van der Waals surface area contributed by atoms with Gasteiger partial charge in [-0.25, -0.2) is 12.8 Å². The van der Waals surface area contributed by atoms with E-state index in [2.05, 4.69) is 5.32 Å². The third kappa shape index (κ3) is 9.87. The summed E-state index contributed by atoms with van der Waals surface area (Å²) in [5.74, 6) is -0.369. The van der Waals surface area contributed by atoms with Gasteiger partial charge in [0.05, 0.1) is 18.6 Å². The predicted octanol–water partition coefficient (Wildman–Crippen LogP) is 4.94. The maximum atomic E-state index is 13.8. The van der Waals surface area contributed by atoms with Gasteiger partial charge in [0.25, 0.3) is 0 Å². The SMILES string of the molecule is CCOc1ccc(N(CCCC(=O)N(Cc2ccc(F)cc2)[C@@H](Cc2ccccc2)C(=O)NC(C)C)S(C)(=O)=O)cc1. The smallest absolute Gasteiger partial charge is 0.243 e. The van der Waals surface area contributed by atoms with E-state index in [9.17, 15) is 22.4 Å². The lowest BCUT2D eigenvalue weighted by molar-refractivity contribution is -0.141. The summed E-state index contributed by atoms with van der Waals surface area (Å²) in [5, 5.41) is 2.93. The number of anilines is 1. The molecule has 8 nitrogen and oxygen atoms in total. The Kier molecular flexibility index (Phi) is 11.9. The molecular weight excluding hydrogens is 557 g/mol. The van der Waals surface area contributed by atoms with Crippen LogP contribution in [-0.2, 0) is 32.6 Å². The van der Waals surface area contributed by atoms with Crippen LogP contribution in [-0.4, -0.2) is 56.6 Å². The summed E-state index contributed by atoms with van der Waals surface area (Å²) in [4.78, 5) is 28.8. The first-order valence-corrected chi connectivity index (χ1v) is 15.9. The minimum Gasteiger partial charge on any atom is -0.494 e. The zero-order chi connectivity index (χ0) is 30.7. The van der Waals surface area contributed by atoms with Gasteiger partial charge in [-0.3, -0.25) is 13.9 Å². The highest BCUT2D eigenvalue weighted by Crippen LogP contribution is 2.23. The second-order valence-electron chi connectivity index (χ2n) is 10.4. The monoisotopic (exact) mass is 597 g/mol. The van der Waals surface area contributed by atoms with Gasteiger partial charge in [0, 0.05) is 32.0 Å². The van der Waals surface area contributed by atoms with E-state index in [0.717, 1.165) is 11.8 Å². The summed E-state index contributed by atoms with van der Waals surface area (Å²) in [6.07, 6.45) is 1.64. The van der Waals surface area contributed by atoms with E-state index in [1.807, 2.05) is 51.1 Å². The van der Waals surface area contributed by atoms with Crippen molar-refractivity contribution in [2.45, 2.75) is 58.7 Å². The van der Waals surface area contributed by atoms with E-state index >= 15 is 0 Å². The van der Waals surface area contributed by atoms with E-state index in [-0.39, 0.29) is 50.2 Å². The summed E-state index contributed by atoms with van der Waals surface area (Å²) in [6, 6.07) is 21.0. The van der Waals surface area contributed by atoms with Crippen molar-refractivity contribution in [3.63, 3.8) is 0 Å². The largest absolute Gasteiger partial charge is 0.494 e. The molecule has 3 rings (SSSR count). The van der Waals surface area contributed by atoms with Crippen LogP contribution in [0.2, 0.25) is 0 Å². The van der Waals surface area contributed by atoms with Gasteiger partial charge in [-0.15, -0.1) is 0 Å². The van der Waals surface area contributed by atoms with Gasteiger partial charge < -0.3 is 15.0 Å². The van der Waals surface area contributed by atoms with Gasteiger partial charge in [0.2, 0.25) is 21.8 Å². The van der Waals surface area contributed by atoms with Gasteiger partial charge in [-0.2, -0.15) is 0 Å². The normalized spacial score (nSPS) is 12.0. The third-order valence-electron chi connectivity index (χ3n) is 6.56. The number of halogens is 1. The molecule has 0 unspecified atom stereocenters. The Balaban J connectivity index is 1.85. The van der Waals surface area contributed by atoms with Gasteiger partial charge in [-0.05, 0) is 74.7 Å². The lowest BCUT2D eigenvalue weighted by atomic mass is 10.0. The second kappa shape index (κ2) is 15.3. The van der Waals surface area contributed by atoms with Gasteiger partial charge in [0.1, 0.15) is 17.6 Å². The second-order valence-corrected chi connectivity index (χ2v) is 12.3. The topological polar surface area (TPSA) is 96.0 Å². The highest BCUT2D eigenvalue weighted by Gasteiger charge is 2.31. The Labute approximate surface area is 248 Å². The lowest BCUT2D eigenvalue weighted by Gasteiger charge is -2.32. The number of carbonyl (C=O) groups is 2. The van der Waals surface area contributed by atoms with E-state index in [4.69, 9.17) is 4.74 Å². The van der Waals surface area contributed by atoms with Crippen LogP contribution in [0.3, 0.4) is 0 Å². The Hall–Kier alpha value is -3.92. The Bertz CT molecular complexity index is 1400. The number of carbonyl (C=O) groups excluding carboxylic acids is 2. The summed E-state index contributed by atoms with van der Waals surface area (Å²) < 4.78 is 45.6. The number of benzene rings is 3. The van der Waals surface area contributed by atoms with Crippen LogP contribution in [0.1, 0.15) is 44.7 Å². The van der Waals surface area contributed by atoms with Crippen LogP contribution in [0.15, 0.2) is 78.9 Å². The molecule has 0 aliphatic carbocycles. The maximum Gasteiger partial charge on any atom is 0.243 e. The number of amides is 2.